The Morgan fingerprint density at radius 3 is 2.61 bits per heavy atom. The Balaban J connectivity index is 0.00000280. The lowest BCUT2D eigenvalue weighted by atomic mass is 10.3. The number of benzene rings is 1. The molecule has 0 bridgehead atoms. The van der Waals surface area contributed by atoms with Crippen molar-refractivity contribution in [2.24, 2.45) is 4.99 Å². The van der Waals surface area contributed by atoms with Gasteiger partial charge in [0.1, 0.15) is 18.9 Å². The van der Waals surface area contributed by atoms with Crippen LogP contribution in [0.4, 0.5) is 0 Å². The fraction of sp³-hybridized carbons (Fsp3) is 0.526. The van der Waals surface area contributed by atoms with E-state index in [4.69, 9.17) is 9.26 Å². The first-order chi connectivity index (χ1) is 13.2. The number of ether oxygens (including phenoxy) is 1. The first kappa shape index (κ1) is 22.4. The molecule has 2 aromatic rings. The van der Waals surface area contributed by atoms with Crippen molar-refractivity contribution in [1.29, 1.82) is 0 Å². The predicted octanol–water partition coefficient (Wildman–Crippen LogP) is 2.16. The van der Waals surface area contributed by atoms with Gasteiger partial charge in [0.05, 0.1) is 0 Å². The van der Waals surface area contributed by atoms with Gasteiger partial charge in [-0.2, -0.15) is 4.98 Å². The third kappa shape index (κ3) is 6.93. The number of aryl methyl sites for hydroxylation is 1. The fourth-order valence-electron chi connectivity index (χ4n) is 2.97. The maximum atomic E-state index is 5.80. The van der Waals surface area contributed by atoms with Crippen LogP contribution in [0, 0.1) is 6.92 Å². The predicted molar refractivity (Wildman–Crippen MR) is 119 cm³/mol. The number of rotatable bonds is 7. The maximum Gasteiger partial charge on any atom is 0.223 e. The van der Waals surface area contributed by atoms with Crippen LogP contribution in [0.1, 0.15) is 18.6 Å². The Bertz CT molecular complexity index is 716. The number of nitrogens with zero attached hydrogens (tertiary/aromatic N) is 5. The Morgan fingerprint density at radius 1 is 1.21 bits per heavy atom. The first-order valence-corrected chi connectivity index (χ1v) is 9.47. The molecule has 1 fully saturated rings. The molecular weight excluding hydrogens is 471 g/mol. The number of para-hydroxylation sites is 1. The maximum absolute atomic E-state index is 5.80. The molecule has 0 radical (unpaired) electrons. The Labute approximate surface area is 183 Å². The van der Waals surface area contributed by atoms with E-state index < -0.39 is 0 Å². The van der Waals surface area contributed by atoms with Gasteiger partial charge in [-0.05, 0) is 19.1 Å². The monoisotopic (exact) mass is 500 g/mol. The van der Waals surface area contributed by atoms with Crippen LogP contribution < -0.4 is 10.1 Å². The molecule has 1 N–H and O–H groups in total. The average Bonchev–Trinajstić information content (AvgIpc) is 3.12. The molecule has 1 aromatic heterocycles. The fourth-order valence-corrected chi connectivity index (χ4v) is 2.97. The van der Waals surface area contributed by atoms with E-state index in [0.717, 1.165) is 51.0 Å². The quantitative estimate of drug-likeness (QED) is 0.355. The van der Waals surface area contributed by atoms with Crippen molar-refractivity contribution in [2.45, 2.75) is 20.4 Å². The minimum Gasteiger partial charge on any atom is -0.492 e. The van der Waals surface area contributed by atoms with E-state index in [-0.39, 0.29) is 24.0 Å². The lowest BCUT2D eigenvalue weighted by Gasteiger charge is -2.36. The number of halogens is 1. The molecule has 8 nitrogen and oxygen atoms in total. The zero-order valence-corrected chi connectivity index (χ0v) is 18.8. The zero-order valence-electron chi connectivity index (χ0n) is 16.5. The molecule has 3 rings (SSSR count). The van der Waals surface area contributed by atoms with E-state index in [0.29, 0.717) is 24.9 Å². The summed E-state index contributed by atoms with van der Waals surface area (Å²) in [4.78, 5) is 13.6. The molecule has 1 aliphatic heterocycles. The molecule has 0 amide bonds. The molecule has 28 heavy (non-hydrogen) atoms. The van der Waals surface area contributed by atoms with Crippen LogP contribution in [0.15, 0.2) is 39.8 Å². The molecule has 2 heterocycles. The first-order valence-electron chi connectivity index (χ1n) is 9.47. The van der Waals surface area contributed by atoms with Gasteiger partial charge in [-0.15, -0.1) is 24.0 Å². The second-order valence-electron chi connectivity index (χ2n) is 6.39. The van der Waals surface area contributed by atoms with Gasteiger partial charge < -0.3 is 19.5 Å². The van der Waals surface area contributed by atoms with Crippen LogP contribution in [0.25, 0.3) is 0 Å². The number of guanidine groups is 1. The summed E-state index contributed by atoms with van der Waals surface area (Å²) in [6.07, 6.45) is 0. The smallest absolute Gasteiger partial charge is 0.223 e. The van der Waals surface area contributed by atoms with Crippen molar-refractivity contribution in [3.05, 3.63) is 42.0 Å². The van der Waals surface area contributed by atoms with E-state index in [1.54, 1.807) is 6.92 Å². The van der Waals surface area contributed by atoms with Crippen molar-refractivity contribution in [1.82, 2.24) is 25.3 Å². The average molecular weight is 500 g/mol. The topological polar surface area (TPSA) is 79.0 Å². The van der Waals surface area contributed by atoms with Crippen LogP contribution in [0.5, 0.6) is 5.75 Å². The van der Waals surface area contributed by atoms with Crippen molar-refractivity contribution >= 4 is 29.9 Å². The van der Waals surface area contributed by atoms with Gasteiger partial charge in [0.25, 0.3) is 0 Å². The summed E-state index contributed by atoms with van der Waals surface area (Å²) in [5.41, 5.74) is 0. The summed E-state index contributed by atoms with van der Waals surface area (Å²) in [6.45, 7) is 10.6. The molecule has 9 heteroatoms. The normalized spacial score (nSPS) is 15.2. The van der Waals surface area contributed by atoms with Gasteiger partial charge in [0.2, 0.25) is 5.89 Å². The van der Waals surface area contributed by atoms with Crippen molar-refractivity contribution < 1.29 is 9.26 Å². The van der Waals surface area contributed by atoms with Crippen molar-refractivity contribution in [3.8, 4) is 5.75 Å². The summed E-state index contributed by atoms with van der Waals surface area (Å²) in [5.74, 6) is 3.01. The third-order valence-electron chi connectivity index (χ3n) is 4.37. The van der Waals surface area contributed by atoms with Gasteiger partial charge >= 0.3 is 0 Å². The minimum atomic E-state index is 0. The SMILES string of the molecule is CCNC(=NCc1noc(C)n1)N1CCN(CCOc2ccccc2)CC1.I. The Morgan fingerprint density at radius 2 is 1.96 bits per heavy atom. The van der Waals surface area contributed by atoms with Crippen LogP contribution in [0.2, 0.25) is 0 Å². The van der Waals surface area contributed by atoms with E-state index in [1.807, 2.05) is 30.3 Å². The molecule has 1 aliphatic rings. The number of hydrogen-bond donors (Lipinski definition) is 1. The second-order valence-corrected chi connectivity index (χ2v) is 6.39. The minimum absolute atomic E-state index is 0. The highest BCUT2D eigenvalue weighted by Crippen LogP contribution is 2.09. The standard InChI is InChI=1S/C19H28N6O2.HI/c1-3-20-19(21-15-18-22-16(2)27-23-18)25-11-9-24(10-12-25)13-14-26-17-7-5-4-6-8-17;/h4-8H,3,9-15H2,1-2H3,(H,20,21);1H. The summed E-state index contributed by atoms with van der Waals surface area (Å²) in [5, 5.41) is 7.26. The molecule has 1 aromatic carbocycles. The zero-order chi connectivity index (χ0) is 18.9. The summed E-state index contributed by atoms with van der Waals surface area (Å²) < 4.78 is 10.8. The highest BCUT2D eigenvalue weighted by atomic mass is 127. The van der Waals surface area contributed by atoms with Crippen LogP contribution in [-0.2, 0) is 6.54 Å². The Kier molecular flexibility index (Phi) is 9.48. The number of aromatic nitrogens is 2. The molecule has 0 atom stereocenters. The molecule has 154 valence electrons. The van der Waals surface area contributed by atoms with E-state index >= 15 is 0 Å². The van der Waals surface area contributed by atoms with E-state index in [9.17, 15) is 0 Å². The summed E-state index contributed by atoms with van der Waals surface area (Å²) in [7, 11) is 0. The molecule has 0 spiro atoms. The van der Waals surface area contributed by atoms with Crippen molar-refractivity contribution in [3.63, 3.8) is 0 Å². The van der Waals surface area contributed by atoms with Gasteiger partial charge in [-0.3, -0.25) is 4.90 Å². The molecule has 0 saturated carbocycles. The molecular formula is C19H29IN6O2. The molecule has 1 saturated heterocycles. The van der Waals surface area contributed by atoms with Gasteiger partial charge in [-0.1, -0.05) is 23.4 Å². The van der Waals surface area contributed by atoms with Gasteiger partial charge in [0, 0.05) is 46.2 Å². The lowest BCUT2D eigenvalue weighted by molar-refractivity contribution is 0.152. The summed E-state index contributed by atoms with van der Waals surface area (Å²) >= 11 is 0. The number of piperazine rings is 1. The van der Waals surface area contributed by atoms with Gasteiger partial charge in [-0.25, -0.2) is 4.99 Å². The van der Waals surface area contributed by atoms with E-state index in [1.165, 1.54) is 0 Å². The van der Waals surface area contributed by atoms with Crippen molar-refractivity contribution in [2.75, 3.05) is 45.9 Å². The van der Waals surface area contributed by atoms with Gasteiger partial charge in [0.15, 0.2) is 11.8 Å². The highest BCUT2D eigenvalue weighted by Gasteiger charge is 2.19. The summed E-state index contributed by atoms with van der Waals surface area (Å²) in [6, 6.07) is 9.96. The number of hydrogen-bond acceptors (Lipinski definition) is 6. The lowest BCUT2D eigenvalue weighted by Crippen LogP contribution is -2.53. The van der Waals surface area contributed by atoms with Crippen LogP contribution >= 0.6 is 24.0 Å². The molecule has 0 unspecified atom stereocenters. The Hall–Kier alpha value is -1.88. The number of aliphatic imine (C=N–C) groups is 1. The largest absolute Gasteiger partial charge is 0.492 e. The second kappa shape index (κ2) is 11.8. The van der Waals surface area contributed by atoms with Crippen LogP contribution in [-0.4, -0.2) is 71.8 Å². The van der Waals surface area contributed by atoms with E-state index in [2.05, 4.69) is 37.2 Å². The highest BCUT2D eigenvalue weighted by molar-refractivity contribution is 14.0. The molecule has 0 aliphatic carbocycles. The van der Waals surface area contributed by atoms with Crippen LogP contribution in [0.3, 0.4) is 0 Å². The third-order valence-corrected chi connectivity index (χ3v) is 4.37. The number of nitrogens with one attached hydrogen (secondary N) is 1.